The molecule has 1 aromatic carbocycles. The van der Waals surface area contributed by atoms with Crippen molar-refractivity contribution >= 4 is 24.0 Å². The lowest BCUT2D eigenvalue weighted by Gasteiger charge is -2.26. The average Bonchev–Trinajstić information content (AvgIpc) is 3.33. The number of aromatic nitrogens is 4. The van der Waals surface area contributed by atoms with E-state index >= 15 is 0 Å². The number of halogens is 1. The summed E-state index contributed by atoms with van der Waals surface area (Å²) in [6, 6.07) is 10.0. The van der Waals surface area contributed by atoms with Crippen LogP contribution in [0.5, 0.6) is 0 Å². The zero-order chi connectivity index (χ0) is 20.4. The lowest BCUT2D eigenvalue weighted by Crippen LogP contribution is -2.17. The molecule has 4 N–H and O–H groups in total. The number of amides is 1. The Balaban J connectivity index is 0.00000256. The summed E-state index contributed by atoms with van der Waals surface area (Å²) in [6.07, 6.45) is 6.26. The molecule has 0 aliphatic heterocycles. The van der Waals surface area contributed by atoms with Crippen molar-refractivity contribution in [3.63, 3.8) is 0 Å². The zero-order valence-electron chi connectivity index (χ0n) is 17.4. The van der Waals surface area contributed by atoms with Crippen LogP contribution in [0.2, 0.25) is 0 Å². The molecule has 0 radical (unpaired) electrons. The van der Waals surface area contributed by atoms with Crippen molar-refractivity contribution in [3.05, 3.63) is 53.1 Å². The Hall–Kier alpha value is -2.64. The van der Waals surface area contributed by atoms with Crippen LogP contribution in [0.25, 0.3) is 11.4 Å². The van der Waals surface area contributed by atoms with Crippen molar-refractivity contribution in [1.29, 1.82) is 0 Å². The highest BCUT2D eigenvalue weighted by atomic mass is 35.5. The minimum atomic E-state index is -0.0729. The molecule has 1 saturated carbocycles. The Bertz CT molecular complexity index is 1000. The van der Waals surface area contributed by atoms with Crippen LogP contribution in [0.1, 0.15) is 65.7 Å². The molecule has 7 nitrogen and oxygen atoms in total. The van der Waals surface area contributed by atoms with Crippen LogP contribution >= 0.6 is 12.4 Å². The molecular formula is C22H29ClN6O. The Morgan fingerprint density at radius 3 is 2.53 bits per heavy atom. The Morgan fingerprint density at radius 2 is 1.90 bits per heavy atom. The minimum absolute atomic E-state index is 0. The summed E-state index contributed by atoms with van der Waals surface area (Å²) in [7, 11) is 0. The quantitative estimate of drug-likeness (QED) is 0.555. The number of aryl methyl sites for hydroxylation is 1. The van der Waals surface area contributed by atoms with Gasteiger partial charge in [-0.25, -0.2) is 4.98 Å². The summed E-state index contributed by atoms with van der Waals surface area (Å²) in [4.78, 5) is 17.2. The van der Waals surface area contributed by atoms with Gasteiger partial charge in [-0.15, -0.1) is 12.4 Å². The summed E-state index contributed by atoms with van der Waals surface area (Å²) < 4.78 is 2.36. The smallest absolute Gasteiger partial charge is 0.257 e. The van der Waals surface area contributed by atoms with Gasteiger partial charge in [0.15, 0.2) is 5.82 Å². The first kappa shape index (κ1) is 22.1. The van der Waals surface area contributed by atoms with Gasteiger partial charge in [0, 0.05) is 28.7 Å². The van der Waals surface area contributed by atoms with Crippen molar-refractivity contribution in [3.8, 4) is 11.4 Å². The number of nitrogens with one attached hydrogen (secondary N) is 2. The number of hydrogen-bond donors (Lipinski definition) is 3. The fourth-order valence-corrected chi connectivity index (χ4v) is 4.32. The maximum Gasteiger partial charge on any atom is 0.257 e. The Morgan fingerprint density at radius 1 is 1.20 bits per heavy atom. The van der Waals surface area contributed by atoms with Crippen LogP contribution in [0.15, 0.2) is 30.3 Å². The van der Waals surface area contributed by atoms with E-state index in [4.69, 9.17) is 5.73 Å². The van der Waals surface area contributed by atoms with Gasteiger partial charge in [0.05, 0.1) is 12.1 Å². The van der Waals surface area contributed by atoms with E-state index in [1.54, 1.807) is 0 Å². The normalized spacial score (nSPS) is 14.4. The van der Waals surface area contributed by atoms with Crippen LogP contribution in [-0.4, -0.2) is 25.7 Å². The lowest BCUT2D eigenvalue weighted by atomic mass is 9.95. The van der Waals surface area contributed by atoms with Crippen molar-refractivity contribution in [1.82, 2.24) is 19.7 Å². The monoisotopic (exact) mass is 428 g/mol. The second-order valence-corrected chi connectivity index (χ2v) is 7.79. The van der Waals surface area contributed by atoms with E-state index in [-0.39, 0.29) is 18.3 Å². The number of aromatic amines is 1. The Labute approximate surface area is 182 Å². The van der Waals surface area contributed by atoms with Crippen LogP contribution in [0, 0.1) is 13.8 Å². The predicted molar refractivity (Wildman–Crippen MR) is 121 cm³/mol. The number of nitrogens with two attached hydrogens (primary N) is 1. The summed E-state index contributed by atoms with van der Waals surface area (Å²) in [5.74, 6) is 1.17. The summed E-state index contributed by atoms with van der Waals surface area (Å²) in [5, 5.41) is 9.98. The highest BCUT2D eigenvalue weighted by Gasteiger charge is 2.22. The molecular weight excluding hydrogens is 400 g/mol. The Kier molecular flexibility index (Phi) is 6.95. The predicted octanol–water partition coefficient (Wildman–Crippen LogP) is 4.53. The van der Waals surface area contributed by atoms with Gasteiger partial charge in [-0.3, -0.25) is 9.89 Å². The molecule has 1 aliphatic rings. The molecule has 160 valence electrons. The molecule has 1 aliphatic carbocycles. The topological polar surface area (TPSA) is 102 Å². The third kappa shape index (κ3) is 4.42. The molecule has 3 aromatic rings. The highest BCUT2D eigenvalue weighted by molar-refractivity contribution is 6.05. The van der Waals surface area contributed by atoms with Gasteiger partial charge in [-0.05, 0) is 57.0 Å². The number of hydrogen-bond acceptors (Lipinski definition) is 4. The molecule has 0 saturated heterocycles. The molecule has 8 heteroatoms. The summed E-state index contributed by atoms with van der Waals surface area (Å²) in [6.45, 7) is 4.47. The van der Waals surface area contributed by atoms with Gasteiger partial charge in [0.2, 0.25) is 0 Å². The van der Waals surface area contributed by atoms with Crippen LogP contribution in [-0.2, 0) is 6.54 Å². The van der Waals surface area contributed by atoms with Crippen molar-refractivity contribution in [2.24, 2.45) is 5.73 Å². The number of nitrogens with zero attached hydrogens (tertiary/aromatic N) is 3. The highest BCUT2D eigenvalue weighted by Crippen LogP contribution is 2.32. The molecule has 1 fully saturated rings. The first-order chi connectivity index (χ1) is 14.1. The van der Waals surface area contributed by atoms with E-state index in [1.165, 1.54) is 32.1 Å². The van der Waals surface area contributed by atoms with Gasteiger partial charge in [0.25, 0.3) is 5.91 Å². The first-order valence-electron chi connectivity index (χ1n) is 10.3. The second-order valence-electron chi connectivity index (χ2n) is 7.79. The molecule has 0 spiro atoms. The van der Waals surface area contributed by atoms with E-state index in [0.29, 0.717) is 24.2 Å². The van der Waals surface area contributed by atoms with Crippen LogP contribution in [0.3, 0.4) is 0 Å². The van der Waals surface area contributed by atoms with E-state index in [9.17, 15) is 4.79 Å². The number of rotatable bonds is 5. The van der Waals surface area contributed by atoms with E-state index in [1.807, 2.05) is 30.3 Å². The van der Waals surface area contributed by atoms with E-state index in [2.05, 4.69) is 38.9 Å². The lowest BCUT2D eigenvalue weighted by molar-refractivity contribution is 0.102. The third-order valence-electron chi connectivity index (χ3n) is 5.79. The molecule has 0 bridgehead atoms. The third-order valence-corrected chi connectivity index (χ3v) is 5.79. The standard InChI is InChI=1S/C22H28N6O.ClH/c1-14-12-19(15(2)28(14)18-6-4-3-5-7-18)22(29)24-17-10-8-16(9-11-17)21-25-20(13-23)26-27-21;/h8-12,18H,3-7,13,23H2,1-2H3,(H,24,29)(H,25,26,27);1H. The number of carbonyl (C=O) groups excluding carboxylic acids is 1. The number of carbonyl (C=O) groups is 1. The maximum absolute atomic E-state index is 12.9. The van der Waals surface area contributed by atoms with Gasteiger partial charge < -0.3 is 15.6 Å². The number of benzene rings is 1. The van der Waals surface area contributed by atoms with Crippen molar-refractivity contribution in [2.45, 2.75) is 58.5 Å². The van der Waals surface area contributed by atoms with Gasteiger partial charge in [-0.2, -0.15) is 5.10 Å². The van der Waals surface area contributed by atoms with Gasteiger partial charge in [0.1, 0.15) is 5.82 Å². The molecule has 2 heterocycles. The van der Waals surface area contributed by atoms with E-state index < -0.39 is 0 Å². The minimum Gasteiger partial charge on any atom is -0.345 e. The fraction of sp³-hybridized carbons (Fsp3) is 0.409. The van der Waals surface area contributed by atoms with Gasteiger partial charge in [-0.1, -0.05) is 19.3 Å². The fourth-order valence-electron chi connectivity index (χ4n) is 4.32. The summed E-state index contributed by atoms with van der Waals surface area (Å²) >= 11 is 0. The first-order valence-corrected chi connectivity index (χ1v) is 10.3. The van der Waals surface area contributed by atoms with Crippen LogP contribution < -0.4 is 11.1 Å². The van der Waals surface area contributed by atoms with Gasteiger partial charge >= 0.3 is 0 Å². The SMILES string of the molecule is Cc1cc(C(=O)Nc2ccc(-c3n[nH]c(CN)n3)cc2)c(C)n1C1CCCCC1.Cl. The average molecular weight is 429 g/mol. The molecule has 0 atom stereocenters. The van der Waals surface area contributed by atoms with Crippen LogP contribution in [0.4, 0.5) is 5.69 Å². The largest absolute Gasteiger partial charge is 0.345 e. The summed E-state index contributed by atoms with van der Waals surface area (Å²) in [5.41, 5.74) is 10.1. The molecule has 4 rings (SSSR count). The van der Waals surface area contributed by atoms with Crippen molar-refractivity contribution < 1.29 is 4.79 Å². The zero-order valence-corrected chi connectivity index (χ0v) is 18.3. The number of anilines is 1. The molecule has 30 heavy (non-hydrogen) atoms. The maximum atomic E-state index is 12.9. The molecule has 1 amide bonds. The molecule has 2 aromatic heterocycles. The van der Waals surface area contributed by atoms with E-state index in [0.717, 1.165) is 28.2 Å². The molecule has 0 unspecified atom stereocenters. The second kappa shape index (κ2) is 9.45. The number of H-pyrrole nitrogens is 1. The van der Waals surface area contributed by atoms with Crippen molar-refractivity contribution in [2.75, 3.05) is 5.32 Å².